The van der Waals surface area contributed by atoms with Gasteiger partial charge in [0.2, 0.25) is 0 Å². The summed E-state index contributed by atoms with van der Waals surface area (Å²) in [6.45, 7) is 5.68. The number of alkyl carbamates (subject to hydrolysis) is 1. The summed E-state index contributed by atoms with van der Waals surface area (Å²) >= 11 is -2.01. The molecule has 0 aromatic heterocycles. The van der Waals surface area contributed by atoms with Crippen LogP contribution in [0.2, 0.25) is 14.8 Å². The molecule has 1 aromatic rings. The molecule has 22 heavy (non-hydrogen) atoms. The Bertz CT molecular complexity index is 534. The summed E-state index contributed by atoms with van der Waals surface area (Å²) < 4.78 is 6.95. The summed E-state index contributed by atoms with van der Waals surface area (Å²) in [7, 11) is 0. The third-order valence-electron chi connectivity index (χ3n) is 4.25. The number of ether oxygens (including phenoxy) is 1. The average molecular weight is 410 g/mol. The van der Waals surface area contributed by atoms with E-state index in [4.69, 9.17) is 4.74 Å². The van der Waals surface area contributed by atoms with Gasteiger partial charge in [0.1, 0.15) is 0 Å². The predicted octanol–water partition coefficient (Wildman–Crippen LogP) is 4.14. The molecule has 1 amide bonds. The van der Waals surface area contributed by atoms with Crippen molar-refractivity contribution >= 4 is 28.0 Å². The summed E-state index contributed by atoms with van der Waals surface area (Å²) in [6, 6.07) is 8.94. The molecule has 122 valence electrons. The zero-order valence-electron chi connectivity index (χ0n) is 14.7. The second-order valence-corrected chi connectivity index (χ2v) is 22.9. The van der Waals surface area contributed by atoms with E-state index in [0.29, 0.717) is 0 Å². The Labute approximate surface area is 138 Å². The first-order valence-electron chi connectivity index (χ1n) is 8.14. The first kappa shape index (κ1) is 17.6. The molecule has 1 saturated carbocycles. The molecule has 1 fully saturated rings. The number of benzene rings is 1. The van der Waals surface area contributed by atoms with Crippen molar-refractivity contribution in [2.45, 2.75) is 66.0 Å². The van der Waals surface area contributed by atoms with Gasteiger partial charge >= 0.3 is 139 Å². The van der Waals surface area contributed by atoms with E-state index in [-0.39, 0.29) is 11.6 Å². The van der Waals surface area contributed by atoms with Gasteiger partial charge in [-0.15, -0.1) is 0 Å². The Morgan fingerprint density at radius 1 is 1.14 bits per heavy atom. The molecule has 0 unspecified atom stereocenters. The van der Waals surface area contributed by atoms with E-state index in [1.807, 2.05) is 20.8 Å². The summed E-state index contributed by atoms with van der Waals surface area (Å²) in [5, 5.41) is 3.12. The van der Waals surface area contributed by atoms with Crippen LogP contribution in [0.5, 0.6) is 0 Å². The van der Waals surface area contributed by atoms with Gasteiger partial charge in [-0.05, 0) is 0 Å². The van der Waals surface area contributed by atoms with Crippen LogP contribution in [0.1, 0.15) is 45.6 Å². The van der Waals surface area contributed by atoms with Gasteiger partial charge in [-0.1, -0.05) is 0 Å². The van der Waals surface area contributed by atoms with E-state index >= 15 is 0 Å². The number of carbonyl (C=O) groups excluding carboxylic acids is 1. The number of carbonyl (C=O) groups is 1. The van der Waals surface area contributed by atoms with Crippen LogP contribution in [0, 0.1) is 0 Å². The molecule has 0 atom stereocenters. The number of amides is 1. The molecule has 0 heterocycles. The molecule has 1 N–H and O–H groups in total. The molecule has 2 rings (SSSR count). The quantitative estimate of drug-likeness (QED) is 0.762. The fourth-order valence-corrected chi connectivity index (χ4v) is 6.13. The Balaban J connectivity index is 2.15. The SMILES string of the molecule is CC(C)(C)OC(=O)NC1(c2cc[c]([Sn]([CH3])([CH3])[CH3])cc2)CCC1. The Hall–Kier alpha value is -0.711. The van der Waals surface area contributed by atoms with Crippen LogP contribution in [0.4, 0.5) is 4.79 Å². The van der Waals surface area contributed by atoms with Gasteiger partial charge in [-0.3, -0.25) is 0 Å². The first-order chi connectivity index (χ1) is 10.0. The van der Waals surface area contributed by atoms with Crippen LogP contribution < -0.4 is 8.90 Å². The zero-order valence-corrected chi connectivity index (χ0v) is 17.6. The van der Waals surface area contributed by atoms with Crippen molar-refractivity contribution in [3.63, 3.8) is 0 Å². The summed E-state index contributed by atoms with van der Waals surface area (Å²) in [4.78, 5) is 19.4. The fourth-order valence-electron chi connectivity index (χ4n) is 2.80. The van der Waals surface area contributed by atoms with Gasteiger partial charge in [0, 0.05) is 0 Å². The topological polar surface area (TPSA) is 38.3 Å². The maximum atomic E-state index is 12.1. The normalized spacial score (nSPS) is 17.5. The van der Waals surface area contributed by atoms with Crippen LogP contribution in [-0.2, 0) is 10.3 Å². The van der Waals surface area contributed by atoms with E-state index in [2.05, 4.69) is 44.4 Å². The minimum atomic E-state index is -2.01. The summed E-state index contributed by atoms with van der Waals surface area (Å²) in [5.41, 5.74) is 0.525. The standard InChI is InChI=1S/C15H20NO2.3CH3.Sn/c1-14(2,3)18-13(17)16-15(10-7-11-15)12-8-5-4-6-9-12;;;;/h5-6,8-9H,7,10-11H2,1-3H3,(H,16,17);3*1H3;. The number of nitrogens with one attached hydrogen (secondary N) is 1. The third kappa shape index (κ3) is 4.18. The molecule has 1 aliphatic rings. The molecule has 3 nitrogen and oxygen atoms in total. The second kappa shape index (κ2) is 6.06. The third-order valence-corrected chi connectivity index (χ3v) is 10.1. The number of rotatable bonds is 3. The van der Waals surface area contributed by atoms with Gasteiger partial charge in [-0.25, -0.2) is 0 Å². The monoisotopic (exact) mass is 411 g/mol. The van der Waals surface area contributed by atoms with Gasteiger partial charge in [0.15, 0.2) is 0 Å². The van der Waals surface area contributed by atoms with Crippen LogP contribution in [0.25, 0.3) is 0 Å². The molecule has 0 spiro atoms. The average Bonchev–Trinajstić information content (AvgIpc) is 2.31. The van der Waals surface area contributed by atoms with Crippen molar-refractivity contribution in [2.75, 3.05) is 0 Å². The second-order valence-electron chi connectivity index (χ2n) is 8.39. The van der Waals surface area contributed by atoms with Crippen LogP contribution in [0.15, 0.2) is 24.3 Å². The predicted molar refractivity (Wildman–Crippen MR) is 94.3 cm³/mol. The summed E-state index contributed by atoms with van der Waals surface area (Å²) in [5.74, 6) is 0. The Morgan fingerprint density at radius 3 is 2.05 bits per heavy atom. The fraction of sp³-hybridized carbons (Fsp3) is 0.611. The van der Waals surface area contributed by atoms with Crippen molar-refractivity contribution in [3.8, 4) is 0 Å². The van der Waals surface area contributed by atoms with E-state index in [1.54, 1.807) is 0 Å². The maximum absolute atomic E-state index is 12.1. The number of hydrogen-bond donors (Lipinski definition) is 1. The van der Waals surface area contributed by atoms with Crippen molar-refractivity contribution in [1.82, 2.24) is 5.32 Å². The van der Waals surface area contributed by atoms with E-state index < -0.39 is 24.0 Å². The van der Waals surface area contributed by atoms with Crippen molar-refractivity contribution in [3.05, 3.63) is 29.8 Å². The van der Waals surface area contributed by atoms with Gasteiger partial charge in [-0.2, -0.15) is 0 Å². The zero-order chi connectivity index (χ0) is 16.6. The van der Waals surface area contributed by atoms with Crippen LogP contribution in [-0.4, -0.2) is 30.1 Å². The molecule has 0 saturated heterocycles. The van der Waals surface area contributed by atoms with E-state index in [0.717, 1.165) is 19.3 Å². The van der Waals surface area contributed by atoms with E-state index in [1.165, 1.54) is 9.14 Å². The van der Waals surface area contributed by atoms with Crippen molar-refractivity contribution in [1.29, 1.82) is 0 Å². The van der Waals surface area contributed by atoms with Gasteiger partial charge in [0.05, 0.1) is 0 Å². The molecular formula is C18H29NO2Sn. The molecule has 0 bridgehead atoms. The molecule has 1 aliphatic carbocycles. The summed E-state index contributed by atoms with van der Waals surface area (Å²) in [6.07, 6.45) is 2.82. The molecule has 0 radical (unpaired) electrons. The van der Waals surface area contributed by atoms with Crippen molar-refractivity contribution in [2.24, 2.45) is 0 Å². The minimum absolute atomic E-state index is 0.228. The van der Waals surface area contributed by atoms with Crippen molar-refractivity contribution < 1.29 is 9.53 Å². The van der Waals surface area contributed by atoms with E-state index in [9.17, 15) is 4.79 Å². The first-order valence-corrected chi connectivity index (χ1v) is 18.1. The number of hydrogen-bond acceptors (Lipinski definition) is 2. The van der Waals surface area contributed by atoms with Gasteiger partial charge < -0.3 is 0 Å². The molecule has 1 aromatic carbocycles. The van der Waals surface area contributed by atoms with Crippen LogP contribution in [0.3, 0.4) is 0 Å². The van der Waals surface area contributed by atoms with Gasteiger partial charge in [0.25, 0.3) is 0 Å². The molecular weight excluding hydrogens is 381 g/mol. The molecule has 4 heteroatoms. The molecule has 0 aliphatic heterocycles. The van der Waals surface area contributed by atoms with Crippen LogP contribution >= 0.6 is 0 Å². The Kier molecular flexibility index (Phi) is 4.86. The Morgan fingerprint density at radius 2 is 1.68 bits per heavy atom.